The molecule has 1 aliphatic heterocycles. The molecule has 1 atom stereocenters. The van der Waals surface area contributed by atoms with Gasteiger partial charge in [0, 0.05) is 18.8 Å². The number of benzene rings is 1. The van der Waals surface area contributed by atoms with Crippen molar-refractivity contribution in [2.24, 2.45) is 0 Å². The standard InChI is InChI=1S/C17H22N2O5/c1-2-9-24-17(22)12-5-7-13(8-6-12)19-16(21)15(20)18-11-14-4-3-10-23-14/h5-8,14H,2-4,9-11H2,1H3,(H,18,20)(H,19,21)/t14-/m1/s1. The van der Waals surface area contributed by atoms with Gasteiger partial charge < -0.3 is 20.1 Å². The molecule has 1 aromatic rings. The maximum Gasteiger partial charge on any atom is 0.338 e. The molecule has 1 fully saturated rings. The van der Waals surface area contributed by atoms with E-state index in [0.717, 1.165) is 19.3 Å². The summed E-state index contributed by atoms with van der Waals surface area (Å²) >= 11 is 0. The van der Waals surface area contributed by atoms with E-state index in [0.29, 0.717) is 31.0 Å². The van der Waals surface area contributed by atoms with Crippen LogP contribution in [0.25, 0.3) is 0 Å². The fourth-order valence-corrected chi connectivity index (χ4v) is 2.25. The molecular formula is C17H22N2O5. The Bertz CT molecular complexity index is 579. The van der Waals surface area contributed by atoms with E-state index in [-0.39, 0.29) is 6.10 Å². The van der Waals surface area contributed by atoms with E-state index in [1.807, 2.05) is 6.92 Å². The maximum absolute atomic E-state index is 11.8. The van der Waals surface area contributed by atoms with Crippen LogP contribution < -0.4 is 10.6 Å². The van der Waals surface area contributed by atoms with Crippen molar-refractivity contribution in [3.63, 3.8) is 0 Å². The maximum atomic E-state index is 11.8. The van der Waals surface area contributed by atoms with Crippen LogP contribution in [0.15, 0.2) is 24.3 Å². The minimum Gasteiger partial charge on any atom is -0.462 e. The van der Waals surface area contributed by atoms with Crippen LogP contribution in [0.4, 0.5) is 5.69 Å². The molecule has 0 unspecified atom stereocenters. The predicted molar refractivity (Wildman–Crippen MR) is 87.6 cm³/mol. The van der Waals surface area contributed by atoms with Gasteiger partial charge in [-0.2, -0.15) is 0 Å². The second-order valence-corrected chi connectivity index (χ2v) is 5.51. The van der Waals surface area contributed by atoms with Gasteiger partial charge in [0.05, 0.1) is 18.3 Å². The molecule has 0 bridgehead atoms. The van der Waals surface area contributed by atoms with Crippen LogP contribution >= 0.6 is 0 Å². The molecule has 0 saturated carbocycles. The summed E-state index contributed by atoms with van der Waals surface area (Å²) in [4.78, 5) is 35.2. The van der Waals surface area contributed by atoms with Crippen molar-refractivity contribution in [2.75, 3.05) is 25.1 Å². The van der Waals surface area contributed by atoms with Crippen LogP contribution in [0.2, 0.25) is 0 Å². The molecule has 7 heteroatoms. The van der Waals surface area contributed by atoms with E-state index in [1.54, 1.807) is 12.1 Å². The largest absolute Gasteiger partial charge is 0.462 e. The SMILES string of the molecule is CCCOC(=O)c1ccc(NC(=O)C(=O)NC[C@H]2CCCO2)cc1. The fourth-order valence-electron chi connectivity index (χ4n) is 2.25. The highest BCUT2D eigenvalue weighted by molar-refractivity contribution is 6.39. The van der Waals surface area contributed by atoms with Gasteiger partial charge in [0.2, 0.25) is 0 Å². The first-order valence-corrected chi connectivity index (χ1v) is 8.08. The van der Waals surface area contributed by atoms with E-state index < -0.39 is 17.8 Å². The first-order valence-electron chi connectivity index (χ1n) is 8.08. The molecule has 130 valence electrons. The average Bonchev–Trinajstić information content (AvgIpc) is 3.11. The number of carbonyl (C=O) groups excluding carboxylic acids is 3. The Balaban J connectivity index is 1.80. The van der Waals surface area contributed by atoms with Crippen molar-refractivity contribution in [3.05, 3.63) is 29.8 Å². The molecule has 1 saturated heterocycles. The molecule has 2 N–H and O–H groups in total. The molecule has 0 spiro atoms. The van der Waals surface area contributed by atoms with E-state index in [9.17, 15) is 14.4 Å². The van der Waals surface area contributed by atoms with Crippen molar-refractivity contribution in [1.29, 1.82) is 0 Å². The summed E-state index contributed by atoms with van der Waals surface area (Å²) in [6.07, 6.45) is 2.59. The third-order valence-corrected chi connectivity index (χ3v) is 3.54. The topological polar surface area (TPSA) is 93.7 Å². The molecular weight excluding hydrogens is 312 g/mol. The molecule has 7 nitrogen and oxygen atoms in total. The summed E-state index contributed by atoms with van der Waals surface area (Å²) in [5, 5.41) is 5.03. The van der Waals surface area contributed by atoms with Gasteiger partial charge in [0.1, 0.15) is 0 Å². The third-order valence-electron chi connectivity index (χ3n) is 3.54. The Labute approximate surface area is 140 Å². The van der Waals surface area contributed by atoms with Gasteiger partial charge in [0.25, 0.3) is 0 Å². The van der Waals surface area contributed by atoms with Gasteiger partial charge in [-0.3, -0.25) is 9.59 Å². The number of rotatable bonds is 6. The normalized spacial score (nSPS) is 16.5. The molecule has 24 heavy (non-hydrogen) atoms. The summed E-state index contributed by atoms with van der Waals surface area (Å²) in [5.41, 5.74) is 0.823. The smallest absolute Gasteiger partial charge is 0.338 e. The van der Waals surface area contributed by atoms with Gasteiger partial charge in [-0.15, -0.1) is 0 Å². The van der Waals surface area contributed by atoms with E-state index in [4.69, 9.17) is 9.47 Å². The minimum atomic E-state index is -0.755. The highest BCUT2D eigenvalue weighted by Crippen LogP contribution is 2.12. The summed E-state index contributed by atoms with van der Waals surface area (Å²) in [6, 6.07) is 6.18. The molecule has 2 rings (SSSR count). The lowest BCUT2D eigenvalue weighted by molar-refractivity contribution is -0.136. The monoisotopic (exact) mass is 334 g/mol. The van der Waals surface area contributed by atoms with Gasteiger partial charge >= 0.3 is 17.8 Å². The highest BCUT2D eigenvalue weighted by Gasteiger charge is 2.19. The first-order chi connectivity index (χ1) is 11.6. The lowest BCUT2D eigenvalue weighted by Crippen LogP contribution is -2.39. The number of nitrogens with one attached hydrogen (secondary N) is 2. The number of esters is 1. The Morgan fingerprint density at radius 1 is 1.21 bits per heavy atom. The van der Waals surface area contributed by atoms with Gasteiger partial charge in [-0.1, -0.05) is 6.92 Å². The number of carbonyl (C=O) groups is 3. The first kappa shape index (κ1) is 17.9. The van der Waals surface area contributed by atoms with Gasteiger partial charge in [-0.25, -0.2) is 4.79 Å². The Morgan fingerprint density at radius 2 is 1.96 bits per heavy atom. The van der Waals surface area contributed by atoms with Crippen LogP contribution in [0, 0.1) is 0 Å². The summed E-state index contributed by atoms with van der Waals surface area (Å²) in [5.74, 6) is -1.88. The summed E-state index contributed by atoms with van der Waals surface area (Å²) in [7, 11) is 0. The van der Waals surface area contributed by atoms with Crippen molar-refractivity contribution in [2.45, 2.75) is 32.3 Å². The van der Waals surface area contributed by atoms with Crippen LogP contribution in [0.5, 0.6) is 0 Å². The number of hydrogen-bond donors (Lipinski definition) is 2. The van der Waals surface area contributed by atoms with E-state index in [2.05, 4.69) is 10.6 Å². The zero-order chi connectivity index (χ0) is 17.4. The van der Waals surface area contributed by atoms with Crippen LogP contribution in [-0.4, -0.2) is 43.6 Å². The molecule has 0 aliphatic carbocycles. The van der Waals surface area contributed by atoms with Gasteiger partial charge in [0.15, 0.2) is 0 Å². The van der Waals surface area contributed by atoms with E-state index in [1.165, 1.54) is 12.1 Å². The predicted octanol–water partition coefficient (Wildman–Crippen LogP) is 1.49. The number of amides is 2. The zero-order valence-corrected chi connectivity index (χ0v) is 13.7. The molecule has 2 amide bonds. The van der Waals surface area contributed by atoms with Gasteiger partial charge in [-0.05, 0) is 43.5 Å². The Hall–Kier alpha value is -2.41. The molecule has 0 radical (unpaired) electrons. The summed E-state index contributed by atoms with van der Waals surface area (Å²) < 4.78 is 10.4. The van der Waals surface area contributed by atoms with Crippen LogP contribution in [0.3, 0.4) is 0 Å². The highest BCUT2D eigenvalue weighted by atomic mass is 16.5. The second kappa shape index (κ2) is 9.02. The molecule has 1 heterocycles. The van der Waals surface area contributed by atoms with Crippen LogP contribution in [0.1, 0.15) is 36.5 Å². The van der Waals surface area contributed by atoms with E-state index >= 15 is 0 Å². The minimum absolute atomic E-state index is 0.0184. The lowest BCUT2D eigenvalue weighted by atomic mass is 10.2. The van der Waals surface area contributed by atoms with Crippen LogP contribution in [-0.2, 0) is 19.1 Å². The number of hydrogen-bond acceptors (Lipinski definition) is 5. The second-order valence-electron chi connectivity index (χ2n) is 5.51. The lowest BCUT2D eigenvalue weighted by Gasteiger charge is -2.11. The number of anilines is 1. The fraction of sp³-hybridized carbons (Fsp3) is 0.471. The Kier molecular flexibility index (Phi) is 6.74. The molecule has 1 aliphatic rings. The zero-order valence-electron chi connectivity index (χ0n) is 13.7. The molecule has 1 aromatic carbocycles. The van der Waals surface area contributed by atoms with Crippen molar-refractivity contribution in [1.82, 2.24) is 5.32 Å². The average molecular weight is 334 g/mol. The third kappa shape index (κ3) is 5.34. The Morgan fingerprint density at radius 3 is 2.58 bits per heavy atom. The molecule has 0 aromatic heterocycles. The summed E-state index contributed by atoms with van der Waals surface area (Å²) in [6.45, 7) is 3.30. The van der Waals surface area contributed by atoms with Crippen molar-refractivity contribution in [3.8, 4) is 0 Å². The number of ether oxygens (including phenoxy) is 2. The van der Waals surface area contributed by atoms with Crippen molar-refractivity contribution < 1.29 is 23.9 Å². The quantitative estimate of drug-likeness (QED) is 0.607. The van der Waals surface area contributed by atoms with Crippen molar-refractivity contribution >= 4 is 23.5 Å².